The zero-order valence-electron chi connectivity index (χ0n) is 21.4. The summed E-state index contributed by atoms with van der Waals surface area (Å²) in [6.45, 7) is 12.3. The molecule has 32 heavy (non-hydrogen) atoms. The molecule has 0 aliphatic carbocycles. The summed E-state index contributed by atoms with van der Waals surface area (Å²) in [5, 5.41) is 2.04. The van der Waals surface area contributed by atoms with Crippen LogP contribution in [0.3, 0.4) is 0 Å². The van der Waals surface area contributed by atoms with Crippen LogP contribution >= 0.6 is 15.9 Å². The molecule has 0 spiro atoms. The average molecular weight is 516 g/mol. The first-order valence-corrected chi connectivity index (χ1v) is 13.7. The Morgan fingerprint density at radius 2 is 1.44 bits per heavy atom. The zero-order chi connectivity index (χ0) is 24.7. The molecule has 1 atom stereocenters. The summed E-state index contributed by atoms with van der Waals surface area (Å²) in [7, 11) is 0. The molecule has 0 aromatic rings. The van der Waals surface area contributed by atoms with Crippen LogP contribution in [0.15, 0.2) is 24.8 Å². The fourth-order valence-electron chi connectivity index (χ4n) is 3.39. The van der Waals surface area contributed by atoms with E-state index < -0.39 is 10.4 Å². The average Bonchev–Trinajstić information content (AvgIpc) is 2.78. The second-order valence-electron chi connectivity index (χ2n) is 8.60. The Morgan fingerprint density at radius 3 is 1.91 bits per heavy atom. The highest BCUT2D eigenvalue weighted by molar-refractivity contribution is 9.10. The lowest BCUT2D eigenvalue weighted by atomic mass is 9.97. The highest BCUT2D eigenvalue weighted by atomic mass is 79.9. The number of nitrogens with two attached hydrogens (primary N) is 1. The van der Waals surface area contributed by atoms with Crippen molar-refractivity contribution in [3.05, 3.63) is 24.8 Å². The Balaban J connectivity index is 0. The molecule has 4 nitrogen and oxygen atoms in total. The highest BCUT2D eigenvalue weighted by Gasteiger charge is 2.32. The number of halogens is 1. The second kappa shape index (κ2) is 23.1. The van der Waals surface area contributed by atoms with Crippen LogP contribution in [0, 0.1) is 5.92 Å². The van der Waals surface area contributed by atoms with Crippen LogP contribution in [0.5, 0.6) is 0 Å². The third-order valence-electron chi connectivity index (χ3n) is 5.86. The Kier molecular flexibility index (Phi) is 23.8. The number of primary amides is 1. The molecule has 0 aromatic heterocycles. The van der Waals surface area contributed by atoms with Crippen molar-refractivity contribution >= 4 is 27.9 Å². The van der Waals surface area contributed by atoms with Gasteiger partial charge in [0.15, 0.2) is 0 Å². The number of carbonyl (C=O) groups excluding carboxylic acids is 2. The number of unbranched alkanes of at least 4 members (excludes halogenated alkanes) is 9. The number of imide groups is 1. The van der Waals surface area contributed by atoms with Crippen molar-refractivity contribution in [2.24, 2.45) is 11.7 Å². The first-order chi connectivity index (χ1) is 15.3. The topological polar surface area (TPSA) is 72.2 Å². The van der Waals surface area contributed by atoms with Gasteiger partial charge in [0.25, 0.3) is 0 Å². The molecule has 0 bridgehead atoms. The van der Waals surface area contributed by atoms with Crippen LogP contribution in [0.25, 0.3) is 0 Å². The van der Waals surface area contributed by atoms with Gasteiger partial charge in [-0.1, -0.05) is 120 Å². The molecule has 3 N–H and O–H groups in total. The van der Waals surface area contributed by atoms with Gasteiger partial charge in [-0.15, -0.1) is 6.58 Å². The third-order valence-corrected chi connectivity index (χ3v) is 7.34. The molecule has 0 aromatic carbocycles. The largest absolute Gasteiger partial charge is 0.351 e. The Morgan fingerprint density at radius 1 is 0.906 bits per heavy atom. The summed E-state index contributed by atoms with van der Waals surface area (Å²) < 4.78 is -0.665. The van der Waals surface area contributed by atoms with Gasteiger partial charge in [0.1, 0.15) is 4.32 Å². The number of alkyl halides is 1. The number of urea groups is 1. The van der Waals surface area contributed by atoms with Crippen molar-refractivity contribution in [1.29, 1.82) is 0 Å². The fraction of sp³-hybridized carbons (Fsp3) is 0.778. The predicted octanol–water partition coefficient (Wildman–Crippen LogP) is 8.59. The summed E-state index contributed by atoms with van der Waals surface area (Å²) in [5.74, 6) is 0.327. The van der Waals surface area contributed by atoms with Gasteiger partial charge in [0, 0.05) is 0 Å². The lowest BCUT2D eigenvalue weighted by molar-refractivity contribution is -0.122. The second-order valence-corrected chi connectivity index (χ2v) is 10.1. The lowest BCUT2D eigenvalue weighted by Gasteiger charge is -2.21. The molecule has 3 amide bonds. The minimum absolute atomic E-state index is 0.375. The predicted molar refractivity (Wildman–Crippen MR) is 144 cm³/mol. The van der Waals surface area contributed by atoms with E-state index in [9.17, 15) is 9.59 Å². The van der Waals surface area contributed by atoms with Gasteiger partial charge in [-0.25, -0.2) is 4.79 Å². The minimum Gasteiger partial charge on any atom is -0.351 e. The molecule has 0 heterocycles. The van der Waals surface area contributed by atoms with Gasteiger partial charge < -0.3 is 5.73 Å². The van der Waals surface area contributed by atoms with Gasteiger partial charge >= 0.3 is 6.03 Å². The summed E-state index contributed by atoms with van der Waals surface area (Å²) in [4.78, 5) is 21.6. The van der Waals surface area contributed by atoms with Gasteiger partial charge in [-0.2, -0.15) is 0 Å². The number of hydrogen-bond donors (Lipinski definition) is 2. The number of amides is 3. The van der Waals surface area contributed by atoms with E-state index in [1.807, 2.05) is 19.2 Å². The van der Waals surface area contributed by atoms with Gasteiger partial charge in [0.05, 0.1) is 0 Å². The fourth-order valence-corrected chi connectivity index (χ4v) is 3.49. The SMILES string of the molecule is C=CC(C/C=C/CCCCCCC)CCCCCCC.CCC(Br)(CC)C(=O)NC(N)=O. The van der Waals surface area contributed by atoms with E-state index in [4.69, 9.17) is 5.73 Å². The lowest BCUT2D eigenvalue weighted by Crippen LogP contribution is -2.46. The third kappa shape index (κ3) is 19.6. The summed E-state index contributed by atoms with van der Waals surface area (Å²) >= 11 is 3.26. The van der Waals surface area contributed by atoms with E-state index >= 15 is 0 Å². The van der Waals surface area contributed by atoms with Crippen LogP contribution in [0.1, 0.15) is 124 Å². The maximum Gasteiger partial charge on any atom is 0.318 e. The van der Waals surface area contributed by atoms with Crippen molar-refractivity contribution in [1.82, 2.24) is 5.32 Å². The monoisotopic (exact) mass is 514 g/mol. The molecule has 1 unspecified atom stereocenters. The smallest absolute Gasteiger partial charge is 0.318 e. The Hall–Kier alpha value is -1.10. The maximum atomic E-state index is 11.3. The van der Waals surface area contributed by atoms with E-state index in [0.29, 0.717) is 18.8 Å². The Labute approximate surface area is 207 Å². The molecule has 188 valence electrons. The number of rotatable bonds is 18. The van der Waals surface area contributed by atoms with Gasteiger partial charge in [0.2, 0.25) is 5.91 Å². The molecular weight excluding hydrogens is 464 g/mol. The van der Waals surface area contributed by atoms with Crippen molar-refractivity contribution in [2.75, 3.05) is 0 Å². The maximum absolute atomic E-state index is 11.3. The standard InChI is InChI=1S/C20H38.C7H13BrN2O2/c1-4-7-9-11-12-13-15-17-19-20(6-3)18-16-14-10-8-5-2;1-3-7(8,4-2)5(11)10-6(9)12/h6,15,17,20H,3-5,7-14,16,18-19H2,1-2H3;3-4H2,1-2H3,(H3,9,10,11,12)/b17-15+;. The molecular formula is C27H51BrN2O2. The van der Waals surface area contributed by atoms with Gasteiger partial charge in [-0.05, 0) is 44.4 Å². The van der Waals surface area contributed by atoms with Crippen LogP contribution in [0.2, 0.25) is 0 Å². The van der Waals surface area contributed by atoms with Crippen molar-refractivity contribution in [2.45, 2.75) is 128 Å². The molecule has 0 aliphatic rings. The van der Waals surface area contributed by atoms with Crippen LogP contribution < -0.4 is 11.1 Å². The first kappa shape index (κ1) is 33.1. The van der Waals surface area contributed by atoms with Crippen molar-refractivity contribution in [3.63, 3.8) is 0 Å². The molecule has 0 saturated carbocycles. The van der Waals surface area contributed by atoms with Crippen LogP contribution in [0.4, 0.5) is 4.79 Å². The highest BCUT2D eigenvalue weighted by Crippen LogP contribution is 2.26. The number of allylic oxidation sites excluding steroid dienone is 3. The van der Waals surface area contributed by atoms with Gasteiger partial charge in [-0.3, -0.25) is 10.1 Å². The van der Waals surface area contributed by atoms with E-state index in [0.717, 1.165) is 0 Å². The zero-order valence-corrected chi connectivity index (χ0v) is 23.0. The molecule has 0 rings (SSSR count). The van der Waals surface area contributed by atoms with E-state index in [1.54, 1.807) is 0 Å². The molecule has 5 heteroatoms. The summed E-state index contributed by atoms with van der Waals surface area (Å²) in [5.41, 5.74) is 4.81. The Bertz CT molecular complexity index is 502. The quantitative estimate of drug-likeness (QED) is 0.109. The van der Waals surface area contributed by atoms with Crippen molar-refractivity contribution in [3.8, 4) is 0 Å². The normalized spacial score (nSPS) is 12.2. The van der Waals surface area contributed by atoms with E-state index in [1.165, 1.54) is 83.5 Å². The molecule has 0 radical (unpaired) electrons. The van der Waals surface area contributed by atoms with E-state index in [-0.39, 0.29) is 5.91 Å². The molecule has 0 saturated heterocycles. The summed E-state index contributed by atoms with van der Waals surface area (Å²) in [6, 6.07) is -0.814. The summed E-state index contributed by atoms with van der Waals surface area (Å²) in [6.07, 6.45) is 25.8. The molecule has 0 aliphatic heterocycles. The molecule has 0 fully saturated rings. The first-order valence-electron chi connectivity index (χ1n) is 12.9. The van der Waals surface area contributed by atoms with Crippen molar-refractivity contribution < 1.29 is 9.59 Å². The van der Waals surface area contributed by atoms with Crippen LogP contribution in [-0.2, 0) is 4.79 Å². The minimum atomic E-state index is -0.814. The number of carbonyl (C=O) groups is 2. The van der Waals surface area contributed by atoms with Crippen LogP contribution in [-0.4, -0.2) is 16.3 Å². The van der Waals surface area contributed by atoms with E-state index in [2.05, 4.69) is 54.6 Å². The number of nitrogens with one attached hydrogen (secondary N) is 1. The number of hydrogen-bond acceptors (Lipinski definition) is 2.